The van der Waals surface area contributed by atoms with Gasteiger partial charge in [0.05, 0.1) is 18.5 Å². The number of carbonyl (C=O) groups is 2. The van der Waals surface area contributed by atoms with Gasteiger partial charge in [-0.2, -0.15) is 0 Å². The molecule has 2 aromatic carbocycles. The Hall–Kier alpha value is -2.80. The molecule has 7 heteroatoms. The lowest BCUT2D eigenvalue weighted by molar-refractivity contribution is -0.130. The number of nitrogens with zero attached hydrogens (tertiary/aromatic N) is 1. The lowest BCUT2D eigenvalue weighted by Gasteiger charge is -2.28. The normalized spacial score (nSPS) is 11.8. The van der Waals surface area contributed by atoms with Gasteiger partial charge >= 0.3 is 0 Å². The molecule has 0 fully saturated rings. The van der Waals surface area contributed by atoms with E-state index in [-0.39, 0.29) is 23.2 Å². The van der Waals surface area contributed by atoms with Crippen LogP contribution in [0.25, 0.3) is 10.9 Å². The number of alkyl halides is 1. The van der Waals surface area contributed by atoms with E-state index in [0.717, 1.165) is 27.8 Å². The molecule has 0 bridgehead atoms. The number of amides is 2. The average Bonchev–Trinajstić information content (AvgIpc) is 3.16. The highest BCUT2D eigenvalue weighted by atomic mass is 79.9. The summed E-state index contributed by atoms with van der Waals surface area (Å²) >= 11 is 3.21. The Morgan fingerprint density at radius 3 is 2.60 bits per heavy atom. The predicted octanol–water partition coefficient (Wildman–Crippen LogP) is 3.65. The highest BCUT2D eigenvalue weighted by molar-refractivity contribution is 9.09. The first-order valence-electron chi connectivity index (χ1n) is 9.79. The molecule has 3 rings (SSSR count). The molecule has 2 amide bonds. The number of H-pyrrole nitrogens is 1. The molecule has 158 valence electrons. The zero-order valence-electron chi connectivity index (χ0n) is 17.2. The van der Waals surface area contributed by atoms with Crippen LogP contribution in [-0.4, -0.2) is 46.7 Å². The number of ether oxygens (including phenoxy) is 1. The van der Waals surface area contributed by atoms with Crippen molar-refractivity contribution < 1.29 is 14.3 Å². The molecular formula is C23H26BrN3O3. The minimum absolute atomic E-state index is 0.0575. The van der Waals surface area contributed by atoms with Gasteiger partial charge in [0.15, 0.2) is 0 Å². The summed E-state index contributed by atoms with van der Waals surface area (Å²) in [6.07, 6.45) is 2.58. The molecule has 1 aromatic heterocycles. The minimum atomic E-state index is -0.229. The molecule has 0 aliphatic carbocycles. The monoisotopic (exact) mass is 471 g/mol. The Bertz CT molecular complexity index is 1020. The van der Waals surface area contributed by atoms with Crippen molar-refractivity contribution in [3.05, 3.63) is 65.9 Å². The summed E-state index contributed by atoms with van der Waals surface area (Å²) < 4.78 is 5.43. The summed E-state index contributed by atoms with van der Waals surface area (Å²) in [6, 6.07) is 15.5. The van der Waals surface area contributed by atoms with Crippen LogP contribution >= 0.6 is 15.9 Å². The van der Waals surface area contributed by atoms with Gasteiger partial charge in [-0.15, -0.1) is 0 Å². The molecule has 2 N–H and O–H groups in total. The van der Waals surface area contributed by atoms with Crippen LogP contribution in [-0.2, 0) is 22.6 Å². The molecule has 30 heavy (non-hydrogen) atoms. The third-order valence-corrected chi connectivity index (χ3v) is 5.58. The SMILES string of the molecule is COc1ccccc1CN(C[C@@H](Cc1c[nH]c2ccccc12)NC(=O)CBr)C(C)=O. The van der Waals surface area contributed by atoms with E-state index < -0.39 is 0 Å². The average molecular weight is 472 g/mol. The van der Waals surface area contributed by atoms with Gasteiger partial charge in [-0.25, -0.2) is 0 Å². The number of nitrogens with one attached hydrogen (secondary N) is 2. The van der Waals surface area contributed by atoms with E-state index in [1.807, 2.05) is 48.7 Å². The van der Waals surface area contributed by atoms with Crippen LogP contribution in [0.2, 0.25) is 0 Å². The van der Waals surface area contributed by atoms with Gasteiger partial charge in [-0.3, -0.25) is 9.59 Å². The number of fused-ring (bicyclic) bond motifs is 1. The van der Waals surface area contributed by atoms with Crippen molar-refractivity contribution in [1.82, 2.24) is 15.2 Å². The number of aromatic nitrogens is 1. The highest BCUT2D eigenvalue weighted by Gasteiger charge is 2.21. The number of halogens is 1. The van der Waals surface area contributed by atoms with Crippen molar-refractivity contribution >= 4 is 38.6 Å². The van der Waals surface area contributed by atoms with E-state index >= 15 is 0 Å². The van der Waals surface area contributed by atoms with E-state index in [1.165, 1.54) is 0 Å². The quantitative estimate of drug-likeness (QED) is 0.467. The van der Waals surface area contributed by atoms with Crippen LogP contribution in [0, 0.1) is 0 Å². The number of hydrogen-bond acceptors (Lipinski definition) is 3. The van der Waals surface area contributed by atoms with E-state index in [1.54, 1.807) is 18.9 Å². The number of hydrogen-bond donors (Lipinski definition) is 2. The van der Waals surface area contributed by atoms with Crippen LogP contribution in [0.1, 0.15) is 18.1 Å². The van der Waals surface area contributed by atoms with Crippen LogP contribution in [0.4, 0.5) is 0 Å². The molecule has 3 aromatic rings. The Kier molecular flexibility index (Phi) is 7.52. The van der Waals surface area contributed by atoms with Crippen LogP contribution in [0.15, 0.2) is 54.7 Å². The van der Waals surface area contributed by atoms with E-state index in [9.17, 15) is 9.59 Å². The first-order valence-corrected chi connectivity index (χ1v) is 10.9. The topological polar surface area (TPSA) is 74.4 Å². The van der Waals surface area contributed by atoms with Gasteiger partial charge in [-0.05, 0) is 24.1 Å². The molecule has 0 saturated carbocycles. The highest BCUT2D eigenvalue weighted by Crippen LogP contribution is 2.22. The second kappa shape index (κ2) is 10.3. The maximum Gasteiger partial charge on any atom is 0.230 e. The number of rotatable bonds is 9. The lowest BCUT2D eigenvalue weighted by Crippen LogP contribution is -2.46. The number of para-hydroxylation sites is 2. The standard InChI is InChI=1S/C23H26BrN3O3/c1-16(28)27(14-17-7-3-6-10-22(17)30-2)15-19(26-23(29)12-24)11-18-13-25-21-9-5-4-8-20(18)21/h3-10,13,19,25H,11-12,14-15H2,1-2H3,(H,26,29)/t19-/m1/s1. The molecule has 0 aliphatic heterocycles. The Morgan fingerprint density at radius 2 is 1.87 bits per heavy atom. The first-order chi connectivity index (χ1) is 14.5. The minimum Gasteiger partial charge on any atom is -0.496 e. The number of benzene rings is 2. The second-order valence-electron chi connectivity index (χ2n) is 7.17. The fraction of sp³-hybridized carbons (Fsp3) is 0.304. The fourth-order valence-electron chi connectivity index (χ4n) is 3.60. The molecule has 0 spiro atoms. The van der Waals surface area contributed by atoms with Gasteiger partial charge in [0.1, 0.15) is 5.75 Å². The summed E-state index contributed by atoms with van der Waals surface area (Å²) in [6.45, 7) is 2.35. The third kappa shape index (κ3) is 5.42. The maximum absolute atomic E-state index is 12.4. The molecule has 0 saturated heterocycles. The van der Waals surface area contributed by atoms with Gasteiger partial charge in [0.25, 0.3) is 0 Å². The molecule has 1 heterocycles. The van der Waals surface area contributed by atoms with E-state index in [2.05, 4.69) is 32.3 Å². The summed E-state index contributed by atoms with van der Waals surface area (Å²) in [5.74, 6) is 0.569. The van der Waals surface area contributed by atoms with Gasteiger partial charge in [-0.1, -0.05) is 52.3 Å². The van der Waals surface area contributed by atoms with Crippen LogP contribution in [0.3, 0.4) is 0 Å². The zero-order valence-corrected chi connectivity index (χ0v) is 18.7. The largest absolute Gasteiger partial charge is 0.496 e. The van der Waals surface area contributed by atoms with Crippen molar-refractivity contribution in [2.45, 2.75) is 25.9 Å². The van der Waals surface area contributed by atoms with E-state index in [0.29, 0.717) is 19.5 Å². The third-order valence-electron chi connectivity index (χ3n) is 5.07. The van der Waals surface area contributed by atoms with Crippen LogP contribution < -0.4 is 10.1 Å². The number of aromatic amines is 1. The van der Waals surface area contributed by atoms with Crippen molar-refractivity contribution in [3.63, 3.8) is 0 Å². The summed E-state index contributed by atoms with van der Waals surface area (Å²) in [5, 5.41) is 4.38. The zero-order chi connectivity index (χ0) is 21.5. The van der Waals surface area contributed by atoms with Gasteiger partial charge < -0.3 is 19.9 Å². The van der Waals surface area contributed by atoms with Crippen molar-refractivity contribution in [1.29, 1.82) is 0 Å². The summed E-state index contributed by atoms with van der Waals surface area (Å²) in [5.41, 5.74) is 3.08. The summed E-state index contributed by atoms with van der Waals surface area (Å²) in [7, 11) is 1.62. The lowest BCUT2D eigenvalue weighted by atomic mass is 10.0. The summed E-state index contributed by atoms with van der Waals surface area (Å²) in [4.78, 5) is 29.6. The Morgan fingerprint density at radius 1 is 1.13 bits per heavy atom. The Labute approximate surface area is 184 Å². The second-order valence-corrected chi connectivity index (χ2v) is 7.73. The smallest absolute Gasteiger partial charge is 0.230 e. The molecular weight excluding hydrogens is 446 g/mol. The van der Waals surface area contributed by atoms with E-state index in [4.69, 9.17) is 4.74 Å². The molecule has 6 nitrogen and oxygen atoms in total. The molecule has 0 radical (unpaired) electrons. The number of methoxy groups -OCH3 is 1. The first kappa shape index (κ1) is 21.9. The molecule has 0 unspecified atom stereocenters. The predicted molar refractivity (Wildman–Crippen MR) is 122 cm³/mol. The van der Waals surface area contributed by atoms with Crippen molar-refractivity contribution in [2.75, 3.05) is 19.0 Å². The van der Waals surface area contributed by atoms with Gasteiger partial charge in [0.2, 0.25) is 11.8 Å². The molecule has 1 atom stereocenters. The van der Waals surface area contributed by atoms with Crippen LogP contribution in [0.5, 0.6) is 5.75 Å². The van der Waals surface area contributed by atoms with Gasteiger partial charge in [0, 0.05) is 42.7 Å². The number of carbonyl (C=O) groups excluding carboxylic acids is 2. The van der Waals surface area contributed by atoms with Crippen molar-refractivity contribution in [2.24, 2.45) is 0 Å². The Balaban J connectivity index is 1.82. The van der Waals surface area contributed by atoms with Crippen molar-refractivity contribution in [3.8, 4) is 5.75 Å². The molecule has 0 aliphatic rings. The fourth-order valence-corrected chi connectivity index (χ4v) is 3.76. The maximum atomic E-state index is 12.4.